The largest absolute Gasteiger partial charge is 0.461 e. The van der Waals surface area contributed by atoms with Gasteiger partial charge < -0.3 is 10.1 Å². The van der Waals surface area contributed by atoms with E-state index in [9.17, 15) is 4.79 Å². The van der Waals surface area contributed by atoms with Crippen LogP contribution >= 0.6 is 0 Å². The van der Waals surface area contributed by atoms with Crippen LogP contribution in [0, 0.1) is 0 Å². The molecule has 0 spiro atoms. The van der Waals surface area contributed by atoms with E-state index in [2.05, 4.69) is 5.32 Å². The lowest BCUT2D eigenvalue weighted by Gasteiger charge is -2.29. The summed E-state index contributed by atoms with van der Waals surface area (Å²) in [6, 6.07) is 1.13. The summed E-state index contributed by atoms with van der Waals surface area (Å²) in [5.74, 6) is -0.146. The van der Waals surface area contributed by atoms with Gasteiger partial charge in [-0.3, -0.25) is 4.79 Å². The van der Waals surface area contributed by atoms with E-state index >= 15 is 0 Å². The molecule has 0 amide bonds. The molecule has 2 rings (SSSR count). The topological polar surface area (TPSA) is 38.3 Å². The first-order chi connectivity index (χ1) is 5.75. The van der Waals surface area contributed by atoms with Crippen molar-refractivity contribution in [2.45, 2.75) is 50.8 Å². The van der Waals surface area contributed by atoms with Gasteiger partial charge in [0.2, 0.25) is 0 Å². The smallest absolute Gasteiger partial charge is 0.302 e. The first-order valence-corrected chi connectivity index (χ1v) is 4.69. The fraction of sp³-hybridized carbons (Fsp3) is 0.889. The highest BCUT2D eigenvalue weighted by atomic mass is 16.5. The number of hydrogen-bond acceptors (Lipinski definition) is 3. The van der Waals surface area contributed by atoms with Gasteiger partial charge in [-0.05, 0) is 25.7 Å². The van der Waals surface area contributed by atoms with Gasteiger partial charge >= 0.3 is 5.97 Å². The maximum Gasteiger partial charge on any atom is 0.302 e. The Balaban J connectivity index is 1.93. The third-order valence-electron chi connectivity index (χ3n) is 2.84. The molecule has 2 heterocycles. The monoisotopic (exact) mass is 169 g/mol. The molecule has 0 radical (unpaired) electrons. The maximum atomic E-state index is 10.7. The van der Waals surface area contributed by atoms with E-state index in [1.54, 1.807) is 0 Å². The Hall–Kier alpha value is -0.570. The molecule has 0 aromatic carbocycles. The molecule has 0 saturated carbocycles. The minimum Gasteiger partial charge on any atom is -0.461 e. The Morgan fingerprint density at radius 2 is 2.08 bits per heavy atom. The lowest BCUT2D eigenvalue weighted by atomic mass is 10.0. The number of hydrogen-bond donors (Lipinski definition) is 1. The van der Waals surface area contributed by atoms with Crippen molar-refractivity contribution in [1.82, 2.24) is 5.32 Å². The minimum atomic E-state index is -0.146. The molecule has 0 aliphatic carbocycles. The number of carbonyl (C=O) groups is 1. The van der Waals surface area contributed by atoms with Gasteiger partial charge in [0.15, 0.2) is 0 Å². The van der Waals surface area contributed by atoms with Crippen molar-refractivity contribution in [2.75, 3.05) is 0 Å². The van der Waals surface area contributed by atoms with Crippen LogP contribution in [0.2, 0.25) is 0 Å². The van der Waals surface area contributed by atoms with Crippen LogP contribution in [0.25, 0.3) is 0 Å². The SMILES string of the molecule is CC(=O)O[C@@H]1CC[C@@H]2CC[C@H]1N2. The molecule has 3 heteroatoms. The van der Waals surface area contributed by atoms with Crippen LogP contribution in [-0.2, 0) is 9.53 Å². The highest BCUT2D eigenvalue weighted by Crippen LogP contribution is 2.28. The number of piperidine rings is 1. The van der Waals surface area contributed by atoms with Crippen molar-refractivity contribution < 1.29 is 9.53 Å². The van der Waals surface area contributed by atoms with Gasteiger partial charge in [0.1, 0.15) is 6.10 Å². The number of ether oxygens (including phenoxy) is 1. The van der Waals surface area contributed by atoms with E-state index in [1.807, 2.05) is 0 Å². The third-order valence-corrected chi connectivity index (χ3v) is 2.84. The number of nitrogens with one attached hydrogen (secondary N) is 1. The summed E-state index contributed by atoms with van der Waals surface area (Å²) in [5, 5.41) is 3.47. The molecule has 12 heavy (non-hydrogen) atoms. The van der Waals surface area contributed by atoms with Gasteiger partial charge in [-0.25, -0.2) is 0 Å². The number of rotatable bonds is 1. The van der Waals surface area contributed by atoms with E-state index in [4.69, 9.17) is 4.74 Å². The molecule has 0 unspecified atom stereocenters. The van der Waals surface area contributed by atoms with Crippen LogP contribution in [0.15, 0.2) is 0 Å². The average molecular weight is 169 g/mol. The quantitative estimate of drug-likeness (QED) is 0.591. The van der Waals surface area contributed by atoms with Gasteiger partial charge in [0.25, 0.3) is 0 Å². The second-order valence-electron chi connectivity index (χ2n) is 3.77. The van der Waals surface area contributed by atoms with Crippen molar-refractivity contribution in [1.29, 1.82) is 0 Å². The molecule has 0 aromatic rings. The summed E-state index contributed by atoms with van der Waals surface area (Å²) < 4.78 is 5.22. The molecule has 3 atom stereocenters. The first-order valence-electron chi connectivity index (χ1n) is 4.69. The van der Waals surface area contributed by atoms with Gasteiger partial charge in [-0.15, -0.1) is 0 Å². The molecule has 0 aromatic heterocycles. The van der Waals surface area contributed by atoms with E-state index in [1.165, 1.54) is 19.8 Å². The second kappa shape index (κ2) is 3.05. The molecule has 2 bridgehead atoms. The Kier molecular flexibility index (Phi) is 2.05. The average Bonchev–Trinajstić information content (AvgIpc) is 2.39. The summed E-state index contributed by atoms with van der Waals surface area (Å²) in [7, 11) is 0. The van der Waals surface area contributed by atoms with Crippen molar-refractivity contribution in [3.63, 3.8) is 0 Å². The van der Waals surface area contributed by atoms with Crippen molar-refractivity contribution in [3.8, 4) is 0 Å². The fourth-order valence-electron chi connectivity index (χ4n) is 2.29. The van der Waals surface area contributed by atoms with E-state index in [0.29, 0.717) is 12.1 Å². The van der Waals surface area contributed by atoms with Crippen LogP contribution in [0.3, 0.4) is 0 Å². The van der Waals surface area contributed by atoms with Gasteiger partial charge in [-0.2, -0.15) is 0 Å². The molecule has 1 N–H and O–H groups in total. The standard InChI is InChI=1S/C9H15NO2/c1-6(11)12-9-5-3-7-2-4-8(9)10-7/h7-10H,2-5H2,1H3/t7-,8+,9+/m0/s1. The molecule has 2 fully saturated rings. The number of carbonyl (C=O) groups excluding carboxylic acids is 1. The lowest BCUT2D eigenvalue weighted by Crippen LogP contribution is -2.45. The van der Waals surface area contributed by atoms with Crippen LogP contribution in [0.4, 0.5) is 0 Å². The van der Waals surface area contributed by atoms with Crippen LogP contribution in [0.1, 0.15) is 32.6 Å². The normalized spacial score (nSPS) is 39.6. The summed E-state index contributed by atoms with van der Waals surface area (Å²) in [6.07, 6.45) is 4.77. The van der Waals surface area contributed by atoms with Crippen molar-refractivity contribution in [2.24, 2.45) is 0 Å². The molecule has 2 saturated heterocycles. The molecule has 3 nitrogen and oxygen atoms in total. The summed E-state index contributed by atoms with van der Waals surface area (Å²) >= 11 is 0. The zero-order chi connectivity index (χ0) is 8.55. The molecule has 2 aliphatic heterocycles. The Morgan fingerprint density at radius 1 is 1.33 bits per heavy atom. The van der Waals surface area contributed by atoms with Crippen LogP contribution in [0.5, 0.6) is 0 Å². The predicted molar refractivity (Wildman–Crippen MR) is 44.7 cm³/mol. The van der Waals surface area contributed by atoms with Crippen LogP contribution in [-0.4, -0.2) is 24.2 Å². The van der Waals surface area contributed by atoms with E-state index in [-0.39, 0.29) is 12.1 Å². The second-order valence-corrected chi connectivity index (χ2v) is 3.77. The fourth-order valence-corrected chi connectivity index (χ4v) is 2.29. The summed E-state index contributed by atoms with van der Waals surface area (Å²) in [4.78, 5) is 10.7. The van der Waals surface area contributed by atoms with Gasteiger partial charge in [0, 0.05) is 19.0 Å². The first kappa shape index (κ1) is 8.05. The number of esters is 1. The molecule has 68 valence electrons. The lowest BCUT2D eigenvalue weighted by molar-refractivity contribution is -0.148. The maximum absolute atomic E-state index is 10.7. The predicted octanol–water partition coefficient (Wildman–Crippen LogP) is 0.833. The summed E-state index contributed by atoms with van der Waals surface area (Å²) in [5.41, 5.74) is 0. The zero-order valence-electron chi connectivity index (χ0n) is 7.38. The minimum absolute atomic E-state index is 0.140. The molecular formula is C9H15NO2. The molecular weight excluding hydrogens is 154 g/mol. The van der Waals surface area contributed by atoms with Crippen molar-refractivity contribution in [3.05, 3.63) is 0 Å². The van der Waals surface area contributed by atoms with Gasteiger partial charge in [0.05, 0.1) is 0 Å². The zero-order valence-corrected chi connectivity index (χ0v) is 7.38. The highest BCUT2D eigenvalue weighted by Gasteiger charge is 2.36. The Bertz CT molecular complexity index is 193. The van der Waals surface area contributed by atoms with E-state index in [0.717, 1.165) is 12.8 Å². The van der Waals surface area contributed by atoms with Crippen LogP contribution < -0.4 is 5.32 Å². The third kappa shape index (κ3) is 1.46. The Morgan fingerprint density at radius 3 is 2.83 bits per heavy atom. The van der Waals surface area contributed by atoms with Crippen molar-refractivity contribution >= 4 is 5.97 Å². The van der Waals surface area contributed by atoms with E-state index < -0.39 is 0 Å². The summed E-state index contributed by atoms with van der Waals surface area (Å²) in [6.45, 7) is 1.49. The van der Waals surface area contributed by atoms with Gasteiger partial charge in [-0.1, -0.05) is 0 Å². The molecule has 2 aliphatic rings. The Labute approximate surface area is 72.5 Å². The highest BCUT2D eigenvalue weighted by molar-refractivity contribution is 5.66. The number of fused-ring (bicyclic) bond motifs is 2.